The fourth-order valence-corrected chi connectivity index (χ4v) is 2.78. The molecule has 3 heteroatoms. The average Bonchev–Trinajstić information content (AvgIpc) is 2.64. The van der Waals surface area contributed by atoms with Crippen LogP contribution >= 0.6 is 0 Å². The summed E-state index contributed by atoms with van der Waals surface area (Å²) in [6, 6.07) is 26.0. The monoisotopic (exact) mass is 475 g/mol. The summed E-state index contributed by atoms with van der Waals surface area (Å²) >= 11 is 0. The number of rotatable bonds is 0. The molecule has 112 valence electrons. The van der Waals surface area contributed by atoms with Crippen LogP contribution in [0.4, 0.5) is 0 Å². The summed E-state index contributed by atoms with van der Waals surface area (Å²) in [7, 11) is 0. The van der Waals surface area contributed by atoms with Crippen LogP contribution in [0.15, 0.2) is 72.8 Å². The standard InChI is InChI=1S/C18H12.2CN.Pt/c1-3-7-16-13(5-1)9-11-15-12-10-14-6-2-4-8-17(14)18(15)16;2*1-2;/h1-12H;;;/q;2*-1;+2. The first kappa shape index (κ1) is 18.4. The fraction of sp³-hybridized carbons (Fsp3) is 0. The summed E-state index contributed by atoms with van der Waals surface area (Å²) in [4.78, 5) is 0. The van der Waals surface area contributed by atoms with E-state index in [0.29, 0.717) is 0 Å². The Hall–Kier alpha value is -2.67. The number of nitrogens with zero attached hydrogens (tertiary/aromatic N) is 2. The molecule has 0 radical (unpaired) electrons. The predicted octanol–water partition coefficient (Wildman–Crippen LogP) is 5.34. The fourth-order valence-electron chi connectivity index (χ4n) is 2.78. The number of benzene rings is 4. The minimum atomic E-state index is 0. The van der Waals surface area contributed by atoms with Crippen molar-refractivity contribution in [1.82, 2.24) is 0 Å². The average molecular weight is 475 g/mol. The second kappa shape index (κ2) is 8.69. The molecule has 0 atom stereocenters. The van der Waals surface area contributed by atoms with Gasteiger partial charge >= 0.3 is 21.1 Å². The molecule has 0 fully saturated rings. The molecule has 0 unspecified atom stereocenters. The third kappa shape index (κ3) is 3.40. The van der Waals surface area contributed by atoms with Crippen LogP contribution in [0.3, 0.4) is 0 Å². The maximum Gasteiger partial charge on any atom is 2.00 e. The van der Waals surface area contributed by atoms with E-state index in [1.165, 1.54) is 32.3 Å². The predicted molar refractivity (Wildman–Crippen MR) is 88.9 cm³/mol. The Balaban J connectivity index is 0.000000494. The smallest absolute Gasteiger partial charge is 0.512 e. The van der Waals surface area contributed by atoms with Gasteiger partial charge in [0.1, 0.15) is 0 Å². The minimum Gasteiger partial charge on any atom is -0.512 e. The molecule has 4 aromatic carbocycles. The van der Waals surface area contributed by atoms with Crippen molar-refractivity contribution in [2.75, 3.05) is 0 Å². The second-order valence-corrected chi connectivity index (χ2v) is 4.67. The molecule has 2 nitrogen and oxygen atoms in total. The van der Waals surface area contributed by atoms with Gasteiger partial charge in [0.15, 0.2) is 0 Å². The van der Waals surface area contributed by atoms with E-state index in [1.807, 2.05) is 0 Å². The van der Waals surface area contributed by atoms with Crippen LogP contribution in [0.5, 0.6) is 0 Å². The molecule has 0 N–H and O–H groups in total. The molecule has 0 aliphatic heterocycles. The van der Waals surface area contributed by atoms with Crippen LogP contribution < -0.4 is 0 Å². The van der Waals surface area contributed by atoms with Gasteiger partial charge in [-0.15, -0.1) is 0 Å². The Kier molecular flexibility index (Phi) is 6.95. The molecular weight excluding hydrogens is 463 g/mol. The van der Waals surface area contributed by atoms with Crippen LogP contribution in [-0.4, -0.2) is 0 Å². The zero-order chi connectivity index (χ0) is 15.9. The largest absolute Gasteiger partial charge is 2.00 e. The second-order valence-electron chi connectivity index (χ2n) is 4.67. The van der Waals surface area contributed by atoms with Gasteiger partial charge in [-0.2, -0.15) is 0 Å². The molecule has 0 amide bonds. The van der Waals surface area contributed by atoms with Crippen molar-refractivity contribution in [3.63, 3.8) is 0 Å². The number of hydrogen-bond acceptors (Lipinski definition) is 2. The Morgan fingerprint density at radius 2 is 0.826 bits per heavy atom. The Bertz CT molecular complexity index is 895. The van der Waals surface area contributed by atoms with Gasteiger partial charge in [-0.05, 0) is 32.3 Å². The number of hydrogen-bond donors (Lipinski definition) is 0. The summed E-state index contributed by atoms with van der Waals surface area (Å²) in [5.74, 6) is 0. The third-order valence-electron chi connectivity index (χ3n) is 3.63. The van der Waals surface area contributed by atoms with Gasteiger partial charge < -0.3 is 23.7 Å². The van der Waals surface area contributed by atoms with Crippen LogP contribution in [0.25, 0.3) is 32.3 Å². The van der Waals surface area contributed by atoms with Crippen molar-refractivity contribution in [1.29, 1.82) is 10.5 Å². The van der Waals surface area contributed by atoms with Gasteiger partial charge in [0, 0.05) is 0 Å². The van der Waals surface area contributed by atoms with E-state index in [0.717, 1.165) is 0 Å². The van der Waals surface area contributed by atoms with Crippen molar-refractivity contribution in [3.8, 4) is 0 Å². The summed E-state index contributed by atoms with van der Waals surface area (Å²) in [5.41, 5.74) is 0. The van der Waals surface area contributed by atoms with Gasteiger partial charge in [-0.25, -0.2) is 0 Å². The van der Waals surface area contributed by atoms with E-state index in [9.17, 15) is 0 Å². The summed E-state index contributed by atoms with van der Waals surface area (Å²) in [5, 5.41) is 20.5. The SMILES string of the molecule is [C-]#N.[C-]#N.[Pt+2].c1ccc2c(c1)ccc1ccc3ccccc3c12. The van der Waals surface area contributed by atoms with Crippen LogP contribution in [0.2, 0.25) is 0 Å². The van der Waals surface area contributed by atoms with E-state index >= 15 is 0 Å². The maximum atomic E-state index is 6.25. The molecule has 4 aromatic rings. The molecule has 0 saturated carbocycles. The van der Waals surface area contributed by atoms with Gasteiger partial charge in [-0.1, -0.05) is 72.8 Å². The topological polar surface area (TPSA) is 47.6 Å². The summed E-state index contributed by atoms with van der Waals surface area (Å²) in [6.07, 6.45) is 0. The summed E-state index contributed by atoms with van der Waals surface area (Å²) < 4.78 is 0. The molecule has 0 spiro atoms. The first-order valence-corrected chi connectivity index (χ1v) is 6.67. The van der Waals surface area contributed by atoms with Crippen molar-refractivity contribution < 1.29 is 21.1 Å². The van der Waals surface area contributed by atoms with Crippen molar-refractivity contribution >= 4 is 32.3 Å². The Morgan fingerprint density at radius 1 is 0.478 bits per heavy atom. The van der Waals surface area contributed by atoms with E-state index < -0.39 is 0 Å². The van der Waals surface area contributed by atoms with Crippen LogP contribution in [-0.2, 0) is 21.1 Å². The molecule has 0 aliphatic rings. The molecule has 0 bridgehead atoms. The molecule has 4 rings (SSSR count). The third-order valence-corrected chi connectivity index (χ3v) is 3.63. The van der Waals surface area contributed by atoms with Gasteiger partial charge in [0.25, 0.3) is 0 Å². The van der Waals surface area contributed by atoms with E-state index in [-0.39, 0.29) is 21.1 Å². The maximum absolute atomic E-state index is 6.25. The number of fused-ring (bicyclic) bond motifs is 5. The zero-order valence-corrected chi connectivity index (χ0v) is 14.4. The van der Waals surface area contributed by atoms with E-state index in [1.54, 1.807) is 0 Å². The van der Waals surface area contributed by atoms with E-state index in [2.05, 4.69) is 72.8 Å². The normalized spacial score (nSPS) is 9.04. The zero-order valence-electron chi connectivity index (χ0n) is 12.1. The molecule has 0 aliphatic carbocycles. The van der Waals surface area contributed by atoms with Crippen LogP contribution in [0, 0.1) is 23.7 Å². The van der Waals surface area contributed by atoms with Gasteiger partial charge in [0.05, 0.1) is 0 Å². The molecule has 0 aromatic heterocycles. The Labute approximate surface area is 149 Å². The summed E-state index contributed by atoms with van der Waals surface area (Å²) in [6.45, 7) is 9.50. The molecule has 0 heterocycles. The quantitative estimate of drug-likeness (QED) is 0.255. The molecular formula is C20H12N2Pt. The molecule has 0 saturated heterocycles. The van der Waals surface area contributed by atoms with E-state index in [4.69, 9.17) is 23.7 Å². The minimum absolute atomic E-state index is 0. The van der Waals surface area contributed by atoms with Crippen LogP contribution in [0.1, 0.15) is 0 Å². The molecule has 23 heavy (non-hydrogen) atoms. The van der Waals surface area contributed by atoms with Gasteiger partial charge in [0.2, 0.25) is 0 Å². The van der Waals surface area contributed by atoms with Crippen molar-refractivity contribution in [2.45, 2.75) is 0 Å². The Morgan fingerprint density at radius 3 is 1.26 bits per heavy atom. The van der Waals surface area contributed by atoms with Crippen molar-refractivity contribution in [3.05, 3.63) is 85.9 Å². The first-order valence-electron chi connectivity index (χ1n) is 6.67. The first-order chi connectivity index (χ1) is 10.9. The van der Waals surface area contributed by atoms with Crippen molar-refractivity contribution in [2.24, 2.45) is 0 Å². The van der Waals surface area contributed by atoms with Gasteiger partial charge in [-0.3, -0.25) is 0 Å².